The standard InChI is InChI=1S/C36H37NO12.C2H6/c1-6-9-29(36(5,37-30(39)7-2)24(4)20-21-47-34(43)25-10-14-27(38)15-11-25)49-35(44)26-12-16-28(17-13-26)48-33(42)19-18-32(41)46-23-22-45-31(40)8-3;1-2/h6-17,20-21,24,38H,1-3,18-19,22-23H2,4-5H3,(H,37,39);1-2H3/b21-20+,29-9+;. The van der Waals surface area contributed by atoms with E-state index in [0.29, 0.717) is 0 Å². The van der Waals surface area contributed by atoms with Crippen molar-refractivity contribution in [1.29, 1.82) is 0 Å². The highest BCUT2D eigenvalue weighted by Crippen LogP contribution is 2.30. The van der Waals surface area contributed by atoms with Gasteiger partial charge < -0.3 is 34.1 Å². The number of hydrogen-bond donors (Lipinski definition) is 2. The third kappa shape index (κ3) is 14.8. The van der Waals surface area contributed by atoms with Gasteiger partial charge in [0, 0.05) is 12.0 Å². The number of carbonyl (C=O) groups is 6. The second-order valence-electron chi connectivity index (χ2n) is 10.2. The zero-order valence-corrected chi connectivity index (χ0v) is 29.0. The monoisotopic (exact) mass is 705 g/mol. The molecule has 0 bridgehead atoms. The van der Waals surface area contributed by atoms with Gasteiger partial charge in [0.1, 0.15) is 36.0 Å². The Hall–Kier alpha value is -6.24. The summed E-state index contributed by atoms with van der Waals surface area (Å²) in [5.74, 6) is -4.73. The van der Waals surface area contributed by atoms with Crippen LogP contribution < -0.4 is 10.1 Å². The van der Waals surface area contributed by atoms with Crippen LogP contribution in [-0.2, 0) is 38.1 Å². The molecule has 51 heavy (non-hydrogen) atoms. The lowest BCUT2D eigenvalue weighted by atomic mass is 9.84. The van der Waals surface area contributed by atoms with Gasteiger partial charge in [-0.15, -0.1) is 0 Å². The van der Waals surface area contributed by atoms with Crippen molar-refractivity contribution in [3.8, 4) is 11.5 Å². The summed E-state index contributed by atoms with van der Waals surface area (Å²) < 4.78 is 25.7. The van der Waals surface area contributed by atoms with Gasteiger partial charge in [0.15, 0.2) is 0 Å². The Kier molecular flexibility index (Phi) is 18.8. The number of aromatic hydroxyl groups is 1. The molecule has 13 heteroatoms. The van der Waals surface area contributed by atoms with Crippen molar-refractivity contribution in [2.75, 3.05) is 13.2 Å². The number of allylic oxidation sites excluding steroid dienone is 2. The van der Waals surface area contributed by atoms with Crippen LogP contribution in [0.25, 0.3) is 0 Å². The van der Waals surface area contributed by atoms with Crippen LogP contribution in [0.1, 0.15) is 61.3 Å². The van der Waals surface area contributed by atoms with Crippen LogP contribution in [0.4, 0.5) is 0 Å². The first-order chi connectivity index (χ1) is 24.3. The minimum atomic E-state index is -1.39. The quantitative estimate of drug-likeness (QED) is 0.0370. The molecule has 0 saturated carbocycles. The van der Waals surface area contributed by atoms with Crippen molar-refractivity contribution in [3.63, 3.8) is 0 Å². The normalized spacial score (nSPS) is 12.4. The van der Waals surface area contributed by atoms with Crippen molar-refractivity contribution < 1.29 is 57.6 Å². The minimum Gasteiger partial charge on any atom is -0.508 e. The summed E-state index contributed by atoms with van der Waals surface area (Å²) in [6.45, 7) is 17.3. The van der Waals surface area contributed by atoms with Gasteiger partial charge in [-0.25, -0.2) is 14.4 Å². The molecule has 2 N–H and O–H groups in total. The van der Waals surface area contributed by atoms with E-state index < -0.39 is 47.2 Å². The van der Waals surface area contributed by atoms with Crippen molar-refractivity contribution in [3.05, 3.63) is 122 Å². The van der Waals surface area contributed by atoms with E-state index in [1.54, 1.807) is 13.8 Å². The van der Waals surface area contributed by atoms with Crippen LogP contribution in [0.5, 0.6) is 11.5 Å². The van der Waals surface area contributed by atoms with Gasteiger partial charge in [-0.2, -0.15) is 0 Å². The number of hydrogen-bond acceptors (Lipinski definition) is 12. The Labute approximate surface area is 296 Å². The maximum Gasteiger partial charge on any atom is 0.343 e. The average Bonchev–Trinajstić information content (AvgIpc) is 3.13. The van der Waals surface area contributed by atoms with Gasteiger partial charge in [-0.3, -0.25) is 14.4 Å². The molecule has 2 unspecified atom stereocenters. The third-order valence-electron chi connectivity index (χ3n) is 6.72. The zero-order chi connectivity index (χ0) is 38.4. The molecule has 0 spiro atoms. The molecule has 0 aliphatic rings. The lowest BCUT2D eigenvalue weighted by molar-refractivity contribution is -0.151. The van der Waals surface area contributed by atoms with Gasteiger partial charge in [0.2, 0.25) is 5.91 Å². The molecule has 2 rings (SSSR count). The third-order valence-corrected chi connectivity index (χ3v) is 6.72. The molecule has 2 aromatic carbocycles. The van der Waals surface area contributed by atoms with E-state index in [2.05, 4.69) is 29.8 Å². The fourth-order valence-corrected chi connectivity index (χ4v) is 3.84. The summed E-state index contributed by atoms with van der Waals surface area (Å²) in [7, 11) is 0. The summed E-state index contributed by atoms with van der Waals surface area (Å²) in [6, 6.07) is 10.9. The maximum absolute atomic E-state index is 13.2. The minimum absolute atomic E-state index is 0.00836. The zero-order valence-electron chi connectivity index (χ0n) is 29.0. The number of benzene rings is 2. The molecule has 0 heterocycles. The fraction of sp³-hybridized carbons (Fsp3) is 0.263. The van der Waals surface area contributed by atoms with Gasteiger partial charge in [-0.05, 0) is 73.7 Å². The van der Waals surface area contributed by atoms with E-state index in [9.17, 15) is 33.9 Å². The molecular weight excluding hydrogens is 662 g/mol. The van der Waals surface area contributed by atoms with E-state index in [1.807, 2.05) is 13.8 Å². The first-order valence-corrected chi connectivity index (χ1v) is 15.7. The highest BCUT2D eigenvalue weighted by molar-refractivity contribution is 5.91. The number of phenols is 1. The molecule has 0 aliphatic carbocycles. The van der Waals surface area contributed by atoms with Gasteiger partial charge >= 0.3 is 29.8 Å². The number of rotatable bonds is 18. The number of amides is 1. The summed E-state index contributed by atoms with van der Waals surface area (Å²) in [4.78, 5) is 73.0. The second kappa shape index (κ2) is 22.4. The molecule has 0 radical (unpaired) electrons. The summed E-state index contributed by atoms with van der Waals surface area (Å²) in [5.41, 5.74) is -1.12. The number of nitrogens with one attached hydrogen (secondary N) is 1. The molecular formula is C38H43NO12. The van der Waals surface area contributed by atoms with Crippen molar-refractivity contribution in [2.45, 2.75) is 46.1 Å². The van der Waals surface area contributed by atoms with Gasteiger partial charge in [-0.1, -0.05) is 46.6 Å². The SMILES string of the molecule is C=C/C=C(/OC(=O)c1ccc(OC(=O)CCC(=O)OCCOC(=O)C=C)cc1)C(C)(NC(=O)C=C)C(C)/C=C/OC(=O)c1ccc(O)cc1.CC. The second-order valence-corrected chi connectivity index (χ2v) is 10.2. The highest BCUT2D eigenvalue weighted by atomic mass is 16.6. The number of esters is 5. The van der Waals surface area contributed by atoms with E-state index in [4.69, 9.17) is 18.9 Å². The van der Waals surface area contributed by atoms with Gasteiger partial charge in [0.25, 0.3) is 0 Å². The van der Waals surface area contributed by atoms with Crippen LogP contribution >= 0.6 is 0 Å². The molecule has 2 atom stereocenters. The lowest BCUT2D eigenvalue weighted by Crippen LogP contribution is -2.52. The van der Waals surface area contributed by atoms with E-state index in [0.717, 1.165) is 18.4 Å². The molecule has 0 aromatic heterocycles. The molecule has 272 valence electrons. The van der Waals surface area contributed by atoms with Crippen molar-refractivity contribution in [1.82, 2.24) is 5.32 Å². The lowest BCUT2D eigenvalue weighted by Gasteiger charge is -2.36. The van der Waals surface area contributed by atoms with Gasteiger partial charge in [0.05, 0.1) is 30.2 Å². The van der Waals surface area contributed by atoms with Crippen LogP contribution in [0.2, 0.25) is 0 Å². The summed E-state index contributed by atoms with van der Waals surface area (Å²) in [5, 5.41) is 12.2. The van der Waals surface area contributed by atoms with Crippen molar-refractivity contribution in [2.24, 2.45) is 5.92 Å². The van der Waals surface area contributed by atoms with Crippen LogP contribution in [-0.4, -0.2) is 59.6 Å². The fourth-order valence-electron chi connectivity index (χ4n) is 3.84. The highest BCUT2D eigenvalue weighted by Gasteiger charge is 2.38. The number of ether oxygens (including phenoxy) is 5. The Bertz CT molecular complexity index is 1610. The number of carbonyl (C=O) groups excluding carboxylic acids is 6. The predicted molar refractivity (Wildman–Crippen MR) is 187 cm³/mol. The van der Waals surface area contributed by atoms with Crippen molar-refractivity contribution >= 4 is 35.8 Å². The molecule has 1 amide bonds. The number of phenolic OH excluding ortho intramolecular Hbond substituents is 1. The molecule has 2 aromatic rings. The predicted octanol–water partition coefficient (Wildman–Crippen LogP) is 5.67. The Morgan fingerprint density at radius 2 is 1.39 bits per heavy atom. The Morgan fingerprint density at radius 1 is 0.824 bits per heavy atom. The summed E-state index contributed by atoms with van der Waals surface area (Å²) >= 11 is 0. The molecule has 0 aliphatic heterocycles. The van der Waals surface area contributed by atoms with E-state index >= 15 is 0 Å². The Morgan fingerprint density at radius 3 is 1.98 bits per heavy atom. The molecule has 0 saturated heterocycles. The van der Waals surface area contributed by atoms with Crippen LogP contribution in [0.3, 0.4) is 0 Å². The van der Waals surface area contributed by atoms with E-state index in [1.165, 1.54) is 66.8 Å². The molecule has 0 fully saturated rings. The first kappa shape index (κ1) is 42.8. The molecule has 13 nitrogen and oxygen atoms in total. The van der Waals surface area contributed by atoms with Crippen LogP contribution in [0.15, 0.2) is 111 Å². The maximum atomic E-state index is 13.2. The largest absolute Gasteiger partial charge is 0.508 e. The Balaban J connectivity index is 0.00000638. The average molecular weight is 706 g/mol. The smallest absolute Gasteiger partial charge is 0.343 e. The van der Waals surface area contributed by atoms with Crippen LogP contribution in [0, 0.1) is 5.92 Å². The van der Waals surface area contributed by atoms with E-state index in [-0.39, 0.29) is 54.4 Å². The summed E-state index contributed by atoms with van der Waals surface area (Å²) in [6.07, 6.45) is 6.82. The topological polar surface area (TPSA) is 181 Å². The first-order valence-electron chi connectivity index (χ1n) is 15.7.